The first-order valence-electron chi connectivity index (χ1n) is 9.72. The lowest BCUT2D eigenvalue weighted by atomic mass is 10.1. The highest BCUT2D eigenvalue weighted by atomic mass is 16.5. The molecule has 2 rings (SSSR count). The summed E-state index contributed by atoms with van der Waals surface area (Å²) in [5, 5.41) is 6.85. The standard InChI is InChI=1S/C20H34N4O/c1-4-21-20(22-12-9-15-25-5-2)23-17(3)18-10-8-11-19(16-18)24-13-6-7-14-24/h8,10-11,16-17H,4-7,9,12-15H2,1-3H3,(H2,21,22,23). The number of guanidine groups is 1. The van der Waals surface area contributed by atoms with Gasteiger partial charge in [-0.15, -0.1) is 0 Å². The number of nitrogens with one attached hydrogen (secondary N) is 2. The fourth-order valence-electron chi connectivity index (χ4n) is 3.08. The third-order valence-electron chi connectivity index (χ3n) is 4.46. The maximum Gasteiger partial charge on any atom is 0.191 e. The van der Waals surface area contributed by atoms with Crippen molar-refractivity contribution in [2.24, 2.45) is 4.99 Å². The van der Waals surface area contributed by atoms with E-state index in [4.69, 9.17) is 4.74 Å². The maximum atomic E-state index is 5.37. The Morgan fingerprint density at radius 3 is 2.80 bits per heavy atom. The van der Waals surface area contributed by atoms with Crippen LogP contribution in [-0.4, -0.2) is 45.4 Å². The Labute approximate surface area is 152 Å². The van der Waals surface area contributed by atoms with Crippen molar-refractivity contribution in [3.63, 3.8) is 0 Å². The van der Waals surface area contributed by atoms with Crippen molar-refractivity contribution in [3.05, 3.63) is 29.8 Å². The number of rotatable bonds is 9. The van der Waals surface area contributed by atoms with Crippen LogP contribution >= 0.6 is 0 Å². The molecule has 1 atom stereocenters. The molecule has 0 aliphatic carbocycles. The topological polar surface area (TPSA) is 48.9 Å². The first-order valence-corrected chi connectivity index (χ1v) is 9.72. The Hall–Kier alpha value is -1.75. The van der Waals surface area contributed by atoms with Crippen LogP contribution in [0.15, 0.2) is 29.3 Å². The molecule has 1 aromatic rings. The number of hydrogen-bond acceptors (Lipinski definition) is 3. The molecule has 0 amide bonds. The largest absolute Gasteiger partial charge is 0.382 e. The Kier molecular flexibility index (Phi) is 8.60. The molecule has 1 saturated heterocycles. The van der Waals surface area contributed by atoms with Gasteiger partial charge in [0.1, 0.15) is 0 Å². The van der Waals surface area contributed by atoms with Crippen LogP contribution in [0, 0.1) is 0 Å². The number of hydrogen-bond donors (Lipinski definition) is 2. The molecule has 0 spiro atoms. The zero-order valence-corrected chi connectivity index (χ0v) is 16.1. The quantitative estimate of drug-likeness (QED) is 0.409. The molecule has 1 unspecified atom stereocenters. The first kappa shape index (κ1) is 19.6. The Balaban J connectivity index is 1.93. The molecule has 1 heterocycles. The van der Waals surface area contributed by atoms with Crippen molar-refractivity contribution >= 4 is 11.6 Å². The van der Waals surface area contributed by atoms with Gasteiger partial charge in [0.05, 0.1) is 6.04 Å². The van der Waals surface area contributed by atoms with Crippen LogP contribution in [0.1, 0.15) is 51.6 Å². The van der Waals surface area contributed by atoms with Gasteiger partial charge in [0.25, 0.3) is 0 Å². The van der Waals surface area contributed by atoms with Crippen LogP contribution in [0.4, 0.5) is 5.69 Å². The first-order chi connectivity index (χ1) is 12.2. The summed E-state index contributed by atoms with van der Waals surface area (Å²) in [5.41, 5.74) is 2.63. The van der Waals surface area contributed by atoms with Crippen LogP contribution in [-0.2, 0) is 4.74 Å². The Bertz CT molecular complexity index is 526. The third kappa shape index (κ3) is 6.58. The van der Waals surface area contributed by atoms with E-state index in [-0.39, 0.29) is 6.04 Å². The molecule has 5 heteroatoms. The third-order valence-corrected chi connectivity index (χ3v) is 4.46. The summed E-state index contributed by atoms with van der Waals surface area (Å²) in [6.45, 7) is 11.8. The smallest absolute Gasteiger partial charge is 0.191 e. The second-order valence-corrected chi connectivity index (χ2v) is 6.47. The van der Waals surface area contributed by atoms with Crippen molar-refractivity contribution in [1.82, 2.24) is 10.6 Å². The van der Waals surface area contributed by atoms with Gasteiger partial charge in [0, 0.05) is 45.1 Å². The summed E-state index contributed by atoms with van der Waals surface area (Å²) in [6, 6.07) is 9.09. The maximum absolute atomic E-state index is 5.37. The Morgan fingerprint density at radius 2 is 2.08 bits per heavy atom. The van der Waals surface area contributed by atoms with Gasteiger partial charge in [0.2, 0.25) is 0 Å². The van der Waals surface area contributed by atoms with Crippen molar-refractivity contribution in [2.75, 3.05) is 44.3 Å². The highest BCUT2D eigenvalue weighted by Gasteiger charge is 2.14. The molecular weight excluding hydrogens is 312 g/mol. The number of ether oxygens (including phenoxy) is 1. The van der Waals surface area contributed by atoms with Gasteiger partial charge in [-0.05, 0) is 57.7 Å². The summed E-state index contributed by atoms with van der Waals surface area (Å²) >= 11 is 0. The van der Waals surface area contributed by atoms with E-state index in [2.05, 4.69) is 58.6 Å². The van der Waals surface area contributed by atoms with E-state index >= 15 is 0 Å². The molecule has 1 fully saturated rings. The van der Waals surface area contributed by atoms with Crippen LogP contribution in [0.2, 0.25) is 0 Å². The van der Waals surface area contributed by atoms with E-state index in [1.165, 1.54) is 37.2 Å². The fourth-order valence-corrected chi connectivity index (χ4v) is 3.08. The summed E-state index contributed by atoms with van der Waals surface area (Å²) in [7, 11) is 0. The van der Waals surface area contributed by atoms with Gasteiger partial charge < -0.3 is 20.3 Å². The van der Waals surface area contributed by atoms with E-state index in [1.807, 2.05) is 6.92 Å². The minimum absolute atomic E-state index is 0.215. The predicted octanol–water partition coefficient (Wildman–Crippen LogP) is 3.33. The SMILES string of the molecule is CCNC(=NCCCOCC)NC(C)c1cccc(N2CCCC2)c1. The molecule has 140 valence electrons. The van der Waals surface area contributed by atoms with E-state index in [0.717, 1.165) is 38.7 Å². The molecule has 1 aliphatic heterocycles. The van der Waals surface area contributed by atoms with E-state index in [1.54, 1.807) is 0 Å². The predicted molar refractivity (Wildman–Crippen MR) is 107 cm³/mol. The second-order valence-electron chi connectivity index (χ2n) is 6.47. The molecule has 1 aromatic carbocycles. The van der Waals surface area contributed by atoms with E-state index < -0.39 is 0 Å². The lowest BCUT2D eigenvalue weighted by Crippen LogP contribution is -2.38. The Morgan fingerprint density at radius 1 is 1.28 bits per heavy atom. The molecule has 0 radical (unpaired) electrons. The molecule has 0 saturated carbocycles. The van der Waals surface area contributed by atoms with Gasteiger partial charge in [-0.3, -0.25) is 4.99 Å². The fraction of sp³-hybridized carbons (Fsp3) is 0.650. The average Bonchev–Trinajstić information content (AvgIpc) is 3.16. The molecule has 1 aliphatic rings. The second kappa shape index (κ2) is 11.0. The minimum Gasteiger partial charge on any atom is -0.382 e. The zero-order valence-electron chi connectivity index (χ0n) is 16.1. The lowest BCUT2D eigenvalue weighted by molar-refractivity contribution is 0.146. The van der Waals surface area contributed by atoms with Crippen molar-refractivity contribution in [3.8, 4) is 0 Å². The van der Waals surface area contributed by atoms with Crippen LogP contribution in [0.3, 0.4) is 0 Å². The van der Waals surface area contributed by atoms with Gasteiger partial charge in [-0.25, -0.2) is 0 Å². The number of aliphatic imine (C=N–C) groups is 1. The highest BCUT2D eigenvalue weighted by Crippen LogP contribution is 2.23. The van der Waals surface area contributed by atoms with Gasteiger partial charge in [-0.2, -0.15) is 0 Å². The molecule has 25 heavy (non-hydrogen) atoms. The summed E-state index contributed by atoms with van der Waals surface area (Å²) in [5.74, 6) is 0.873. The van der Waals surface area contributed by atoms with Crippen LogP contribution in [0.5, 0.6) is 0 Å². The molecule has 2 N–H and O–H groups in total. The number of anilines is 1. The lowest BCUT2D eigenvalue weighted by Gasteiger charge is -2.22. The summed E-state index contributed by atoms with van der Waals surface area (Å²) in [6.07, 6.45) is 3.55. The molecular formula is C20H34N4O. The van der Waals surface area contributed by atoms with Crippen LogP contribution in [0.25, 0.3) is 0 Å². The van der Waals surface area contributed by atoms with Crippen molar-refractivity contribution in [2.45, 2.75) is 46.1 Å². The van der Waals surface area contributed by atoms with Gasteiger partial charge in [-0.1, -0.05) is 12.1 Å². The van der Waals surface area contributed by atoms with Crippen molar-refractivity contribution < 1.29 is 4.74 Å². The van der Waals surface area contributed by atoms with E-state index in [0.29, 0.717) is 0 Å². The molecule has 0 bridgehead atoms. The van der Waals surface area contributed by atoms with Crippen LogP contribution < -0.4 is 15.5 Å². The number of benzene rings is 1. The monoisotopic (exact) mass is 346 g/mol. The van der Waals surface area contributed by atoms with E-state index in [9.17, 15) is 0 Å². The zero-order chi connectivity index (χ0) is 17.9. The highest BCUT2D eigenvalue weighted by molar-refractivity contribution is 5.80. The number of nitrogens with zero attached hydrogens (tertiary/aromatic N) is 2. The average molecular weight is 347 g/mol. The molecule has 5 nitrogen and oxygen atoms in total. The summed E-state index contributed by atoms with van der Waals surface area (Å²) in [4.78, 5) is 7.13. The minimum atomic E-state index is 0.215. The van der Waals surface area contributed by atoms with Gasteiger partial charge in [0.15, 0.2) is 5.96 Å². The van der Waals surface area contributed by atoms with Gasteiger partial charge >= 0.3 is 0 Å². The van der Waals surface area contributed by atoms with Crippen molar-refractivity contribution in [1.29, 1.82) is 0 Å². The molecule has 0 aromatic heterocycles. The summed E-state index contributed by atoms with van der Waals surface area (Å²) < 4.78 is 5.37. The normalized spacial score (nSPS) is 16.1.